The van der Waals surface area contributed by atoms with Crippen molar-refractivity contribution in [1.29, 1.82) is 0 Å². The van der Waals surface area contributed by atoms with Gasteiger partial charge in [0.05, 0.1) is 11.7 Å². The number of carboxylic acid groups (broad SMARTS) is 2. The Hall–Kier alpha value is -5.18. The average molecular weight is 614 g/mol. The van der Waals surface area contributed by atoms with Gasteiger partial charge in [0.15, 0.2) is 0 Å². The van der Waals surface area contributed by atoms with Crippen LogP contribution in [0.3, 0.4) is 0 Å². The number of allylic oxidation sites excluding steroid dienone is 1. The second kappa shape index (κ2) is 11.6. The molecular weight excluding hydrogens is 595 g/mol. The summed E-state index contributed by atoms with van der Waals surface area (Å²) in [7, 11) is 0. The van der Waals surface area contributed by atoms with Gasteiger partial charge in [-0.2, -0.15) is 17.9 Å². The largest absolute Gasteiger partial charge is 0.490 e. The lowest BCUT2D eigenvalue weighted by Crippen LogP contribution is -2.27. The van der Waals surface area contributed by atoms with Crippen molar-refractivity contribution < 1.29 is 33.0 Å². The number of carboxylic acids is 2. The smallest absolute Gasteiger partial charge is 0.477 e. The van der Waals surface area contributed by atoms with Gasteiger partial charge in [-0.05, 0) is 76.4 Å². The van der Waals surface area contributed by atoms with Gasteiger partial charge in [0.25, 0.3) is 5.56 Å². The quantitative estimate of drug-likeness (QED) is 0.335. The Bertz CT molecular complexity index is 1850. The van der Waals surface area contributed by atoms with Crippen LogP contribution >= 0.6 is 11.6 Å². The number of hydrogen-bond acceptors (Lipinski definition) is 8. The fourth-order valence-corrected chi connectivity index (χ4v) is 5.02. The first-order chi connectivity index (χ1) is 20.4. The Balaban J connectivity index is 0.000000472. The lowest BCUT2D eigenvalue weighted by molar-refractivity contribution is -0.192. The van der Waals surface area contributed by atoms with Crippen LogP contribution in [-0.4, -0.2) is 63.8 Å². The molecule has 1 atom stereocenters. The highest BCUT2D eigenvalue weighted by atomic mass is 35.5. The van der Waals surface area contributed by atoms with E-state index < -0.39 is 18.1 Å². The molecule has 220 valence electrons. The number of pyridine rings is 2. The molecule has 16 heteroatoms. The fraction of sp³-hybridized carbons (Fsp3) is 0.185. The molecule has 3 aromatic heterocycles. The Morgan fingerprint density at radius 3 is 2.49 bits per heavy atom. The number of fused-ring (bicyclic) bond motifs is 1. The van der Waals surface area contributed by atoms with Crippen LogP contribution in [0.25, 0.3) is 22.4 Å². The first kappa shape index (κ1) is 29.3. The molecular formula is C27H19ClF3N7O5. The van der Waals surface area contributed by atoms with Crippen LogP contribution in [0.15, 0.2) is 71.0 Å². The number of aryl methyl sites for hydroxylation is 1. The van der Waals surface area contributed by atoms with E-state index in [9.17, 15) is 27.9 Å². The zero-order chi connectivity index (χ0) is 30.9. The molecule has 0 spiro atoms. The Kier molecular flexibility index (Phi) is 7.91. The van der Waals surface area contributed by atoms with E-state index in [1.54, 1.807) is 41.1 Å². The summed E-state index contributed by atoms with van der Waals surface area (Å²) in [4.78, 5) is 42.0. The second-order valence-corrected chi connectivity index (χ2v) is 9.84. The van der Waals surface area contributed by atoms with Gasteiger partial charge in [-0.25, -0.2) is 14.6 Å². The predicted molar refractivity (Wildman–Crippen MR) is 146 cm³/mol. The maximum absolute atomic E-state index is 13.4. The number of aromatic nitrogens is 6. The number of aliphatic imine (C=N–C) groups is 1. The van der Waals surface area contributed by atoms with E-state index in [2.05, 4.69) is 25.5 Å². The third-order valence-electron chi connectivity index (χ3n) is 6.73. The van der Waals surface area contributed by atoms with E-state index in [1.807, 2.05) is 12.1 Å². The summed E-state index contributed by atoms with van der Waals surface area (Å²) in [5.74, 6) is -3.83. The van der Waals surface area contributed by atoms with E-state index in [1.165, 1.54) is 17.2 Å². The molecule has 12 nitrogen and oxygen atoms in total. The standard InChI is InChI=1S/C25H18ClN7O3.C2HF3O2/c26-17-1-3-22(32-13-29-30-31-32)19(11-17)15-7-18-2-4-23(33(18)24(34)10-15)20-9-16(12-28-20)14-5-6-27-21(8-14)25(35)36;3-2(4,5)1(6)7/h1,3,5-8,10-13,23H,2,4,9H2,(H,35,36);(H,6,7)/t23-;/m0./s1. The van der Waals surface area contributed by atoms with E-state index in [-0.39, 0.29) is 17.3 Å². The molecule has 0 amide bonds. The van der Waals surface area contributed by atoms with Crippen LogP contribution in [0.4, 0.5) is 13.2 Å². The van der Waals surface area contributed by atoms with Crippen molar-refractivity contribution in [1.82, 2.24) is 29.8 Å². The molecule has 1 aromatic carbocycles. The topological polar surface area (TPSA) is 165 Å². The third kappa shape index (κ3) is 6.21. The van der Waals surface area contributed by atoms with Crippen LogP contribution in [0.1, 0.15) is 40.6 Å². The number of benzene rings is 1. The van der Waals surface area contributed by atoms with Gasteiger partial charge in [-0.3, -0.25) is 9.79 Å². The summed E-state index contributed by atoms with van der Waals surface area (Å²) in [6.07, 6.45) is 1.66. The molecule has 2 aliphatic rings. The highest BCUT2D eigenvalue weighted by molar-refractivity contribution is 6.31. The summed E-state index contributed by atoms with van der Waals surface area (Å²) in [5, 5.41) is 28.3. The van der Waals surface area contributed by atoms with Crippen LogP contribution in [0, 0.1) is 0 Å². The van der Waals surface area contributed by atoms with E-state index in [4.69, 9.17) is 21.5 Å². The molecule has 0 unspecified atom stereocenters. The third-order valence-corrected chi connectivity index (χ3v) is 6.97. The summed E-state index contributed by atoms with van der Waals surface area (Å²) in [6.45, 7) is 0. The lowest BCUT2D eigenvalue weighted by Gasteiger charge is -2.17. The van der Waals surface area contributed by atoms with Crippen molar-refractivity contribution in [2.45, 2.75) is 31.5 Å². The van der Waals surface area contributed by atoms with Gasteiger partial charge < -0.3 is 14.8 Å². The van der Waals surface area contributed by atoms with Gasteiger partial charge in [0, 0.05) is 46.9 Å². The molecule has 0 saturated carbocycles. The van der Waals surface area contributed by atoms with Gasteiger partial charge in [0.2, 0.25) is 0 Å². The number of carbonyl (C=O) groups is 2. The molecule has 0 saturated heterocycles. The highest BCUT2D eigenvalue weighted by Crippen LogP contribution is 2.36. The fourth-order valence-electron chi connectivity index (χ4n) is 4.85. The zero-order valence-corrected chi connectivity index (χ0v) is 22.5. The minimum atomic E-state index is -5.08. The minimum absolute atomic E-state index is 0.0149. The number of aliphatic carboxylic acids is 1. The van der Waals surface area contributed by atoms with Crippen molar-refractivity contribution in [3.63, 3.8) is 0 Å². The normalized spacial score (nSPS) is 15.7. The summed E-state index contributed by atoms with van der Waals surface area (Å²) in [5.41, 5.74) is 5.53. The SMILES string of the molecule is O=C(O)C(F)(F)F.O=C(O)c1cc(C2=CN=C([C@@H]3CCc4cc(-c5cc(Cl)ccc5-n5cnnn5)cc(=O)n43)C2)ccn1. The van der Waals surface area contributed by atoms with Crippen molar-refractivity contribution in [3.05, 3.63) is 93.5 Å². The van der Waals surface area contributed by atoms with Crippen LogP contribution in [0.2, 0.25) is 5.02 Å². The number of alkyl halides is 3. The molecule has 5 heterocycles. The second-order valence-electron chi connectivity index (χ2n) is 9.40. The van der Waals surface area contributed by atoms with Gasteiger partial charge >= 0.3 is 18.1 Å². The minimum Gasteiger partial charge on any atom is -0.477 e. The molecule has 43 heavy (non-hydrogen) atoms. The number of rotatable bonds is 5. The molecule has 4 aromatic rings. The Morgan fingerprint density at radius 2 is 1.81 bits per heavy atom. The predicted octanol–water partition coefficient (Wildman–Crippen LogP) is 4.24. The number of aromatic carboxylic acids is 1. The number of hydrogen-bond donors (Lipinski definition) is 2. The number of tetrazole rings is 1. The van der Waals surface area contributed by atoms with Crippen molar-refractivity contribution in [2.24, 2.45) is 4.99 Å². The first-order valence-corrected chi connectivity index (χ1v) is 12.8. The van der Waals surface area contributed by atoms with Crippen LogP contribution < -0.4 is 5.56 Å². The highest BCUT2D eigenvalue weighted by Gasteiger charge is 2.38. The summed E-state index contributed by atoms with van der Waals surface area (Å²) >= 11 is 6.28. The van der Waals surface area contributed by atoms with Crippen LogP contribution in [0.5, 0.6) is 0 Å². The summed E-state index contributed by atoms with van der Waals surface area (Å²) < 4.78 is 35.1. The van der Waals surface area contributed by atoms with Gasteiger partial charge in [0.1, 0.15) is 12.0 Å². The van der Waals surface area contributed by atoms with E-state index in [0.29, 0.717) is 11.4 Å². The average Bonchev–Trinajstić information content (AvgIpc) is 3.74. The van der Waals surface area contributed by atoms with Crippen LogP contribution in [-0.2, 0) is 11.2 Å². The Morgan fingerprint density at radius 1 is 1.05 bits per heavy atom. The zero-order valence-electron chi connectivity index (χ0n) is 21.7. The van der Waals surface area contributed by atoms with Crippen molar-refractivity contribution in [3.8, 4) is 16.8 Å². The van der Waals surface area contributed by atoms with Crippen molar-refractivity contribution >= 4 is 34.8 Å². The molecule has 2 aliphatic heterocycles. The lowest BCUT2D eigenvalue weighted by atomic mass is 9.99. The maximum atomic E-state index is 13.4. The maximum Gasteiger partial charge on any atom is 0.490 e. The number of nitrogens with zero attached hydrogens (tertiary/aromatic N) is 7. The molecule has 0 bridgehead atoms. The van der Waals surface area contributed by atoms with Gasteiger partial charge in [-0.15, -0.1) is 5.10 Å². The summed E-state index contributed by atoms with van der Waals surface area (Å²) in [6, 6.07) is 12.1. The molecule has 6 rings (SSSR count). The van der Waals surface area contributed by atoms with Crippen molar-refractivity contribution in [2.75, 3.05) is 0 Å². The molecule has 2 N–H and O–H groups in total. The molecule has 0 fully saturated rings. The van der Waals surface area contributed by atoms with Gasteiger partial charge in [-0.1, -0.05) is 11.6 Å². The molecule has 0 aliphatic carbocycles. The molecule has 0 radical (unpaired) electrons. The van der Waals surface area contributed by atoms with E-state index >= 15 is 0 Å². The van der Waals surface area contributed by atoms with E-state index in [0.717, 1.165) is 52.2 Å². The number of halogens is 4. The Labute approximate surface area is 244 Å². The monoisotopic (exact) mass is 613 g/mol. The first-order valence-electron chi connectivity index (χ1n) is 12.5.